The van der Waals surface area contributed by atoms with Gasteiger partial charge >= 0.3 is 0 Å². The molecule has 0 aliphatic rings. The predicted octanol–water partition coefficient (Wildman–Crippen LogP) is 4.21. The third kappa shape index (κ3) is 2.47. The number of halogens is 2. The van der Waals surface area contributed by atoms with Crippen LogP contribution in [0.5, 0.6) is 0 Å². The maximum absolute atomic E-state index is 6.39. The molecule has 1 aromatic carbocycles. The zero-order valence-electron chi connectivity index (χ0n) is 9.35. The van der Waals surface area contributed by atoms with Gasteiger partial charge in [0.15, 0.2) is 0 Å². The van der Waals surface area contributed by atoms with E-state index in [1.807, 2.05) is 6.07 Å². The van der Waals surface area contributed by atoms with Crippen LogP contribution in [0.15, 0.2) is 18.2 Å². The fourth-order valence-corrected chi connectivity index (χ4v) is 2.23. The fraction of sp³-hybridized carbons (Fsp3) is 0.500. The molecule has 0 aromatic heterocycles. The summed E-state index contributed by atoms with van der Waals surface area (Å²) < 4.78 is 0. The summed E-state index contributed by atoms with van der Waals surface area (Å²) in [5.41, 5.74) is 6.93. The fourth-order valence-electron chi connectivity index (χ4n) is 1.76. The summed E-state index contributed by atoms with van der Waals surface area (Å²) in [4.78, 5) is 0. The van der Waals surface area contributed by atoms with E-state index in [4.69, 9.17) is 28.9 Å². The number of hydrogen-bond acceptors (Lipinski definition) is 1. The van der Waals surface area contributed by atoms with Gasteiger partial charge in [-0.2, -0.15) is 0 Å². The first-order valence-corrected chi connectivity index (χ1v) is 5.91. The lowest BCUT2D eigenvalue weighted by atomic mass is 9.79. The molecule has 0 fully saturated rings. The Morgan fingerprint density at radius 2 is 1.93 bits per heavy atom. The standard InChI is InChI=1S/C12H17Cl2N/c1-4-12(15,8(2)3)10-7-9(13)5-6-11(10)14/h5-8H,4,15H2,1-3H3. The molecule has 0 aliphatic heterocycles. The first-order valence-electron chi connectivity index (χ1n) is 5.16. The van der Waals surface area contributed by atoms with E-state index in [9.17, 15) is 0 Å². The summed E-state index contributed by atoms with van der Waals surface area (Å²) in [7, 11) is 0. The molecule has 0 saturated carbocycles. The van der Waals surface area contributed by atoms with Crippen LogP contribution < -0.4 is 5.73 Å². The van der Waals surface area contributed by atoms with E-state index >= 15 is 0 Å². The second kappa shape index (κ2) is 4.73. The lowest BCUT2D eigenvalue weighted by Crippen LogP contribution is -2.41. The number of hydrogen-bond donors (Lipinski definition) is 1. The highest BCUT2D eigenvalue weighted by Gasteiger charge is 2.31. The molecule has 0 bridgehead atoms. The van der Waals surface area contributed by atoms with Gasteiger partial charge in [-0.25, -0.2) is 0 Å². The molecule has 3 heteroatoms. The van der Waals surface area contributed by atoms with Crippen LogP contribution >= 0.6 is 23.2 Å². The van der Waals surface area contributed by atoms with Gasteiger partial charge in [-0.1, -0.05) is 44.0 Å². The summed E-state index contributed by atoms with van der Waals surface area (Å²) in [6.45, 7) is 6.26. The van der Waals surface area contributed by atoms with E-state index in [1.54, 1.807) is 12.1 Å². The van der Waals surface area contributed by atoms with Crippen molar-refractivity contribution in [2.45, 2.75) is 32.7 Å². The van der Waals surface area contributed by atoms with Crippen molar-refractivity contribution in [3.05, 3.63) is 33.8 Å². The lowest BCUT2D eigenvalue weighted by Gasteiger charge is -2.34. The quantitative estimate of drug-likeness (QED) is 0.849. The Hall–Kier alpha value is -0.240. The van der Waals surface area contributed by atoms with Crippen molar-refractivity contribution < 1.29 is 0 Å². The van der Waals surface area contributed by atoms with Crippen molar-refractivity contribution in [3.63, 3.8) is 0 Å². The van der Waals surface area contributed by atoms with Crippen molar-refractivity contribution in [2.24, 2.45) is 11.7 Å². The molecule has 1 nitrogen and oxygen atoms in total. The van der Waals surface area contributed by atoms with E-state index in [2.05, 4.69) is 20.8 Å². The minimum Gasteiger partial charge on any atom is -0.321 e. The first-order chi connectivity index (χ1) is 6.91. The highest BCUT2D eigenvalue weighted by Crippen LogP contribution is 2.36. The van der Waals surface area contributed by atoms with Crippen molar-refractivity contribution in [3.8, 4) is 0 Å². The van der Waals surface area contributed by atoms with Crippen LogP contribution in [0.3, 0.4) is 0 Å². The van der Waals surface area contributed by atoms with Gasteiger partial charge in [-0.3, -0.25) is 0 Å². The average Bonchev–Trinajstić information content (AvgIpc) is 2.20. The van der Waals surface area contributed by atoms with E-state index in [-0.39, 0.29) is 0 Å². The smallest absolute Gasteiger partial charge is 0.0457 e. The van der Waals surface area contributed by atoms with Gasteiger partial charge in [0, 0.05) is 15.6 Å². The van der Waals surface area contributed by atoms with Crippen LogP contribution in [0.2, 0.25) is 10.0 Å². The molecular weight excluding hydrogens is 229 g/mol. The van der Waals surface area contributed by atoms with E-state index in [1.165, 1.54) is 0 Å². The van der Waals surface area contributed by atoms with Crippen molar-refractivity contribution in [1.82, 2.24) is 0 Å². The Morgan fingerprint density at radius 3 is 2.40 bits per heavy atom. The molecule has 1 aromatic rings. The summed E-state index contributed by atoms with van der Waals surface area (Å²) in [6.07, 6.45) is 0.838. The van der Waals surface area contributed by atoms with Gasteiger partial charge in [0.1, 0.15) is 0 Å². The third-order valence-electron chi connectivity index (χ3n) is 3.05. The normalized spacial score (nSPS) is 15.4. The highest BCUT2D eigenvalue weighted by atomic mass is 35.5. The van der Waals surface area contributed by atoms with Crippen LogP contribution in [-0.4, -0.2) is 0 Å². The topological polar surface area (TPSA) is 26.0 Å². The lowest BCUT2D eigenvalue weighted by molar-refractivity contribution is 0.306. The molecule has 0 amide bonds. The Balaban J connectivity index is 3.29. The Bertz CT molecular complexity index is 349. The second-order valence-electron chi connectivity index (χ2n) is 4.17. The zero-order chi connectivity index (χ0) is 11.6. The van der Waals surface area contributed by atoms with E-state index in [0.29, 0.717) is 16.0 Å². The average molecular weight is 246 g/mol. The molecule has 1 rings (SSSR count). The Labute approximate surface area is 102 Å². The van der Waals surface area contributed by atoms with Crippen molar-refractivity contribution >= 4 is 23.2 Å². The van der Waals surface area contributed by atoms with Crippen LogP contribution in [0.25, 0.3) is 0 Å². The second-order valence-corrected chi connectivity index (χ2v) is 5.02. The summed E-state index contributed by atoms with van der Waals surface area (Å²) >= 11 is 12.1. The third-order valence-corrected chi connectivity index (χ3v) is 3.61. The van der Waals surface area contributed by atoms with E-state index in [0.717, 1.165) is 12.0 Å². The molecule has 0 spiro atoms. The largest absolute Gasteiger partial charge is 0.321 e. The van der Waals surface area contributed by atoms with Gasteiger partial charge in [0.25, 0.3) is 0 Å². The van der Waals surface area contributed by atoms with Gasteiger partial charge < -0.3 is 5.73 Å². The van der Waals surface area contributed by atoms with Gasteiger partial charge in [0.2, 0.25) is 0 Å². The SMILES string of the molecule is CCC(N)(c1cc(Cl)ccc1Cl)C(C)C. The van der Waals surface area contributed by atoms with Gasteiger partial charge in [0.05, 0.1) is 0 Å². The molecular formula is C12H17Cl2N. The molecule has 2 N–H and O–H groups in total. The minimum absolute atomic E-state index is 0.318. The van der Waals surface area contributed by atoms with Crippen LogP contribution in [-0.2, 0) is 5.54 Å². The first kappa shape index (κ1) is 12.8. The Kier molecular flexibility index (Phi) is 4.05. The summed E-state index contributed by atoms with van der Waals surface area (Å²) in [5, 5.41) is 1.37. The molecule has 0 saturated heterocycles. The summed E-state index contributed by atoms with van der Waals surface area (Å²) in [5.74, 6) is 0.318. The number of rotatable bonds is 3. The van der Waals surface area contributed by atoms with Gasteiger partial charge in [-0.05, 0) is 36.1 Å². The zero-order valence-corrected chi connectivity index (χ0v) is 10.9. The molecule has 0 aliphatic carbocycles. The van der Waals surface area contributed by atoms with Crippen LogP contribution in [0.4, 0.5) is 0 Å². The van der Waals surface area contributed by atoms with Crippen LogP contribution in [0, 0.1) is 5.92 Å². The number of nitrogens with two attached hydrogens (primary N) is 1. The highest BCUT2D eigenvalue weighted by molar-refractivity contribution is 6.33. The maximum atomic E-state index is 6.39. The molecule has 1 atom stereocenters. The predicted molar refractivity (Wildman–Crippen MR) is 67.5 cm³/mol. The molecule has 15 heavy (non-hydrogen) atoms. The number of benzene rings is 1. The van der Waals surface area contributed by atoms with Crippen molar-refractivity contribution in [2.75, 3.05) is 0 Å². The maximum Gasteiger partial charge on any atom is 0.0457 e. The van der Waals surface area contributed by atoms with Crippen LogP contribution in [0.1, 0.15) is 32.8 Å². The molecule has 1 unspecified atom stereocenters. The van der Waals surface area contributed by atoms with E-state index < -0.39 is 5.54 Å². The van der Waals surface area contributed by atoms with Crippen molar-refractivity contribution in [1.29, 1.82) is 0 Å². The molecule has 84 valence electrons. The minimum atomic E-state index is -0.401. The molecule has 0 radical (unpaired) electrons. The summed E-state index contributed by atoms with van der Waals surface area (Å²) in [6, 6.07) is 5.45. The Morgan fingerprint density at radius 1 is 1.33 bits per heavy atom. The van der Waals surface area contributed by atoms with Gasteiger partial charge in [-0.15, -0.1) is 0 Å². The molecule has 0 heterocycles. The monoisotopic (exact) mass is 245 g/mol.